The van der Waals surface area contributed by atoms with Gasteiger partial charge in [-0.05, 0) is 24.7 Å². The zero-order valence-electron chi connectivity index (χ0n) is 10.8. The maximum atomic E-state index is 11.0. The number of benzene rings is 1. The Hall–Kier alpha value is -1.67. The predicted octanol–water partition coefficient (Wildman–Crippen LogP) is 2.49. The number of nitrogens with zero attached hydrogens (tertiary/aromatic N) is 2. The van der Waals surface area contributed by atoms with Gasteiger partial charge < -0.3 is 5.32 Å². The number of non-ortho nitro benzene ring substituents is 1. The Kier molecular flexibility index (Phi) is 4.91. The number of nitro benzene ring substituents is 2. The summed E-state index contributed by atoms with van der Waals surface area (Å²) < 4.78 is 0. The average Bonchev–Trinajstić information content (AvgIpc) is 2.91. The summed E-state index contributed by atoms with van der Waals surface area (Å²) >= 11 is 1.91. The molecule has 0 bridgehead atoms. The van der Waals surface area contributed by atoms with Crippen LogP contribution in [0.25, 0.3) is 0 Å². The molecular weight excluding hydrogens is 282 g/mol. The van der Waals surface area contributed by atoms with Gasteiger partial charge in [0, 0.05) is 30.0 Å². The van der Waals surface area contributed by atoms with Gasteiger partial charge in [0.1, 0.15) is 0 Å². The number of nitro groups is 2. The highest BCUT2D eigenvalue weighted by Crippen LogP contribution is 2.26. The summed E-state index contributed by atoms with van der Waals surface area (Å²) in [5.74, 6) is 1.17. The maximum Gasteiger partial charge on any atom is 0.280 e. The van der Waals surface area contributed by atoms with Gasteiger partial charge in [0.05, 0.1) is 15.9 Å². The Labute approximate surface area is 120 Å². The van der Waals surface area contributed by atoms with Crippen molar-refractivity contribution in [1.82, 2.24) is 5.32 Å². The molecule has 1 aromatic carbocycles. The second-order valence-corrected chi connectivity index (χ2v) is 6.00. The fraction of sp³-hybridized carbons (Fsp3) is 0.500. The zero-order valence-corrected chi connectivity index (χ0v) is 11.6. The van der Waals surface area contributed by atoms with Crippen LogP contribution in [-0.2, 0) is 6.54 Å². The lowest BCUT2D eigenvalue weighted by molar-refractivity contribution is -0.394. The number of rotatable bonds is 6. The van der Waals surface area contributed by atoms with Crippen molar-refractivity contribution in [3.63, 3.8) is 0 Å². The van der Waals surface area contributed by atoms with E-state index in [2.05, 4.69) is 5.32 Å². The van der Waals surface area contributed by atoms with E-state index in [1.165, 1.54) is 30.7 Å². The van der Waals surface area contributed by atoms with Gasteiger partial charge in [0.2, 0.25) is 0 Å². The minimum atomic E-state index is -0.626. The van der Waals surface area contributed by atoms with Crippen molar-refractivity contribution in [2.45, 2.75) is 24.6 Å². The molecule has 1 saturated heterocycles. The first-order chi connectivity index (χ1) is 9.58. The van der Waals surface area contributed by atoms with Crippen LogP contribution in [0.15, 0.2) is 18.2 Å². The van der Waals surface area contributed by atoms with Crippen molar-refractivity contribution < 1.29 is 9.85 Å². The minimum absolute atomic E-state index is 0.203. The van der Waals surface area contributed by atoms with Crippen molar-refractivity contribution >= 4 is 23.1 Å². The highest BCUT2D eigenvalue weighted by molar-refractivity contribution is 8.00. The van der Waals surface area contributed by atoms with E-state index in [1.807, 2.05) is 11.8 Å². The molecule has 20 heavy (non-hydrogen) atoms. The number of hydrogen-bond acceptors (Lipinski definition) is 6. The minimum Gasteiger partial charge on any atom is -0.311 e. The monoisotopic (exact) mass is 297 g/mol. The van der Waals surface area contributed by atoms with E-state index in [4.69, 9.17) is 0 Å². The van der Waals surface area contributed by atoms with Crippen LogP contribution in [0.1, 0.15) is 18.4 Å². The van der Waals surface area contributed by atoms with Gasteiger partial charge in [-0.1, -0.05) is 0 Å². The largest absolute Gasteiger partial charge is 0.311 e. The highest BCUT2D eigenvalue weighted by Gasteiger charge is 2.20. The first-order valence-electron chi connectivity index (χ1n) is 6.32. The molecule has 1 N–H and O–H groups in total. The third-order valence-electron chi connectivity index (χ3n) is 3.19. The summed E-state index contributed by atoms with van der Waals surface area (Å²) in [7, 11) is 0. The van der Waals surface area contributed by atoms with Crippen molar-refractivity contribution in [3.05, 3.63) is 44.0 Å². The van der Waals surface area contributed by atoms with Crippen molar-refractivity contribution in [3.8, 4) is 0 Å². The molecule has 1 atom stereocenters. The summed E-state index contributed by atoms with van der Waals surface area (Å²) in [6, 6.07) is 3.76. The van der Waals surface area contributed by atoms with E-state index in [0.717, 1.165) is 12.6 Å². The molecule has 1 fully saturated rings. The smallest absolute Gasteiger partial charge is 0.280 e. The molecule has 1 unspecified atom stereocenters. The van der Waals surface area contributed by atoms with E-state index in [1.54, 1.807) is 0 Å². The molecule has 7 nitrogen and oxygen atoms in total. The molecular formula is C12H15N3O4S. The fourth-order valence-corrected chi connectivity index (χ4v) is 3.39. The third kappa shape index (κ3) is 3.67. The number of thioether (sulfide) groups is 1. The van der Waals surface area contributed by atoms with Gasteiger partial charge >= 0.3 is 0 Å². The highest BCUT2D eigenvalue weighted by atomic mass is 32.2. The lowest BCUT2D eigenvalue weighted by atomic mass is 10.1. The molecule has 0 spiro atoms. The van der Waals surface area contributed by atoms with Crippen LogP contribution in [0.4, 0.5) is 11.4 Å². The Morgan fingerprint density at radius 1 is 1.30 bits per heavy atom. The van der Waals surface area contributed by atoms with Crippen LogP contribution in [0.3, 0.4) is 0 Å². The van der Waals surface area contributed by atoms with Crippen molar-refractivity contribution in [2.75, 3.05) is 12.3 Å². The van der Waals surface area contributed by atoms with Gasteiger partial charge in [-0.15, -0.1) is 0 Å². The van der Waals surface area contributed by atoms with E-state index >= 15 is 0 Å². The molecule has 1 aliphatic rings. The van der Waals surface area contributed by atoms with E-state index in [-0.39, 0.29) is 11.4 Å². The number of nitrogens with one attached hydrogen (secondary N) is 1. The van der Waals surface area contributed by atoms with Crippen LogP contribution >= 0.6 is 11.8 Å². The molecule has 1 aliphatic heterocycles. The van der Waals surface area contributed by atoms with E-state index < -0.39 is 9.85 Å². The summed E-state index contributed by atoms with van der Waals surface area (Å²) in [5, 5.41) is 25.4. The van der Waals surface area contributed by atoms with Crippen LogP contribution in [0, 0.1) is 20.2 Å². The summed E-state index contributed by atoms with van der Waals surface area (Å²) in [4.78, 5) is 20.4. The molecule has 1 aromatic rings. The van der Waals surface area contributed by atoms with E-state index in [0.29, 0.717) is 17.4 Å². The van der Waals surface area contributed by atoms with Gasteiger partial charge in [-0.2, -0.15) is 11.8 Å². The first-order valence-corrected chi connectivity index (χ1v) is 7.37. The Bertz CT molecular complexity index is 517. The van der Waals surface area contributed by atoms with Crippen LogP contribution in [0.5, 0.6) is 0 Å². The van der Waals surface area contributed by atoms with Gasteiger partial charge in [-0.3, -0.25) is 20.2 Å². The molecule has 0 saturated carbocycles. The Morgan fingerprint density at radius 2 is 2.10 bits per heavy atom. The fourth-order valence-electron chi connectivity index (χ4n) is 2.16. The average molecular weight is 297 g/mol. The van der Waals surface area contributed by atoms with E-state index in [9.17, 15) is 20.2 Å². The molecule has 2 rings (SSSR count). The standard InChI is InChI=1S/C12H15N3O4S/c16-14(17)10-4-3-9(12(6-10)15(18)19)7-13-8-11-2-1-5-20-11/h3-4,6,11,13H,1-2,5,7-8H2. The molecule has 0 amide bonds. The molecule has 8 heteroatoms. The quantitative estimate of drug-likeness (QED) is 0.639. The lowest BCUT2D eigenvalue weighted by Gasteiger charge is -2.10. The molecule has 1 heterocycles. The van der Waals surface area contributed by atoms with Gasteiger partial charge in [0.25, 0.3) is 11.4 Å². The SMILES string of the molecule is O=[N+]([O-])c1ccc(CNCC2CCCS2)c([N+](=O)[O-])c1. The number of hydrogen-bond donors (Lipinski definition) is 1. The Morgan fingerprint density at radius 3 is 2.70 bits per heavy atom. The second kappa shape index (κ2) is 6.67. The zero-order chi connectivity index (χ0) is 14.5. The van der Waals surface area contributed by atoms with Crippen LogP contribution in [0.2, 0.25) is 0 Å². The molecule has 0 aliphatic carbocycles. The normalized spacial score (nSPS) is 18.1. The summed E-state index contributed by atoms with van der Waals surface area (Å²) in [5.41, 5.74) is 0.0150. The predicted molar refractivity (Wildman–Crippen MR) is 76.9 cm³/mol. The molecule has 0 radical (unpaired) electrons. The second-order valence-electron chi connectivity index (χ2n) is 4.59. The van der Waals surface area contributed by atoms with Crippen molar-refractivity contribution in [1.29, 1.82) is 0 Å². The first kappa shape index (κ1) is 14.7. The molecule has 0 aromatic heterocycles. The summed E-state index contributed by atoms with van der Waals surface area (Å²) in [6.45, 7) is 1.16. The Balaban J connectivity index is 2.02. The topological polar surface area (TPSA) is 98.3 Å². The van der Waals surface area contributed by atoms with Crippen molar-refractivity contribution in [2.24, 2.45) is 0 Å². The third-order valence-corrected chi connectivity index (χ3v) is 4.59. The maximum absolute atomic E-state index is 11.0. The van der Waals surface area contributed by atoms with Gasteiger partial charge in [-0.25, -0.2) is 0 Å². The van der Waals surface area contributed by atoms with Crippen LogP contribution in [-0.4, -0.2) is 27.4 Å². The lowest BCUT2D eigenvalue weighted by Crippen LogP contribution is -2.23. The van der Waals surface area contributed by atoms with Crippen LogP contribution < -0.4 is 5.32 Å². The molecule has 108 valence electrons. The summed E-state index contributed by atoms with van der Waals surface area (Å²) in [6.07, 6.45) is 2.38. The van der Waals surface area contributed by atoms with Gasteiger partial charge in [0.15, 0.2) is 0 Å².